The van der Waals surface area contributed by atoms with Crippen LogP contribution in [0.3, 0.4) is 0 Å². The third-order valence-electron chi connectivity index (χ3n) is 4.32. The van der Waals surface area contributed by atoms with Gasteiger partial charge in [0.2, 0.25) is 6.10 Å². The summed E-state index contributed by atoms with van der Waals surface area (Å²) in [6.07, 6.45) is -6.43. The van der Waals surface area contributed by atoms with Gasteiger partial charge in [0.25, 0.3) is 0 Å². The van der Waals surface area contributed by atoms with Crippen LogP contribution in [-0.2, 0) is 4.79 Å². The van der Waals surface area contributed by atoms with E-state index < -0.39 is 23.8 Å². The molecule has 142 valence electrons. The molecule has 0 bridgehead atoms. The number of alkyl halides is 3. The minimum atomic E-state index is -4.86. The van der Waals surface area contributed by atoms with Gasteiger partial charge in [-0.1, -0.05) is 49.7 Å². The molecular weight excluding hydrogens is 381 g/mol. The van der Waals surface area contributed by atoms with E-state index in [9.17, 15) is 18.0 Å². The van der Waals surface area contributed by atoms with Crippen LogP contribution in [-0.4, -0.2) is 23.4 Å². The number of fused-ring (bicyclic) bond motifs is 1. The molecule has 0 saturated carbocycles. The predicted molar refractivity (Wildman–Crippen MR) is 97.1 cm³/mol. The predicted octanol–water partition coefficient (Wildman–Crippen LogP) is 5.92. The van der Waals surface area contributed by atoms with Gasteiger partial charge in [-0.3, -0.25) is 0 Å². The Balaban J connectivity index is 2.22. The average Bonchev–Trinajstić information content (AvgIpc) is 2.59. The highest BCUT2D eigenvalue weighted by atomic mass is 35.5. The molecule has 0 saturated heterocycles. The quantitative estimate of drug-likeness (QED) is 0.700. The van der Waals surface area contributed by atoms with E-state index in [4.69, 9.17) is 21.4 Å². The van der Waals surface area contributed by atoms with E-state index in [-0.39, 0.29) is 22.3 Å². The van der Waals surface area contributed by atoms with Crippen LogP contribution in [0.2, 0.25) is 5.02 Å². The minimum Gasteiger partial charge on any atom is -0.478 e. The Labute approximate surface area is 159 Å². The number of hydrogen-bond donors (Lipinski definition) is 1. The van der Waals surface area contributed by atoms with Crippen LogP contribution in [0.15, 0.2) is 42.0 Å². The lowest BCUT2D eigenvalue weighted by Crippen LogP contribution is -2.40. The van der Waals surface area contributed by atoms with Crippen LogP contribution in [0.25, 0.3) is 17.2 Å². The summed E-state index contributed by atoms with van der Waals surface area (Å²) in [5.41, 5.74) is 1.36. The molecule has 0 fully saturated rings. The van der Waals surface area contributed by atoms with E-state index in [0.29, 0.717) is 11.1 Å². The van der Waals surface area contributed by atoms with Gasteiger partial charge in [0, 0.05) is 16.1 Å². The van der Waals surface area contributed by atoms with Crippen LogP contribution in [0.4, 0.5) is 13.2 Å². The van der Waals surface area contributed by atoms with Gasteiger partial charge in [0.15, 0.2) is 0 Å². The molecule has 1 unspecified atom stereocenters. The highest BCUT2D eigenvalue weighted by molar-refractivity contribution is 6.31. The molecular formula is C20H16ClF3O3. The van der Waals surface area contributed by atoms with Crippen molar-refractivity contribution in [3.63, 3.8) is 0 Å². The van der Waals surface area contributed by atoms with Crippen molar-refractivity contribution >= 4 is 23.6 Å². The molecule has 0 aliphatic carbocycles. The lowest BCUT2D eigenvalue weighted by molar-refractivity contribution is -0.187. The SMILES string of the molecule is CC(C)c1cccc(-c2cc(Cl)cc3c2OC(C(F)(F)F)C(C(=O)O)=C3)c1. The summed E-state index contributed by atoms with van der Waals surface area (Å²) in [7, 11) is 0. The lowest BCUT2D eigenvalue weighted by atomic mass is 9.93. The van der Waals surface area contributed by atoms with E-state index in [1.807, 2.05) is 26.0 Å². The zero-order valence-corrected chi connectivity index (χ0v) is 15.2. The molecule has 1 atom stereocenters. The molecule has 0 amide bonds. The molecule has 0 spiro atoms. The highest BCUT2D eigenvalue weighted by Gasteiger charge is 2.48. The van der Waals surface area contributed by atoms with Crippen molar-refractivity contribution in [3.8, 4) is 16.9 Å². The molecule has 1 heterocycles. The van der Waals surface area contributed by atoms with E-state index in [0.717, 1.165) is 11.6 Å². The largest absolute Gasteiger partial charge is 0.478 e. The number of halogens is 4. The number of benzene rings is 2. The number of ether oxygens (including phenoxy) is 1. The van der Waals surface area contributed by atoms with E-state index in [1.165, 1.54) is 12.1 Å². The van der Waals surface area contributed by atoms with Gasteiger partial charge in [-0.15, -0.1) is 0 Å². The topological polar surface area (TPSA) is 46.5 Å². The maximum absolute atomic E-state index is 13.4. The third kappa shape index (κ3) is 3.81. The van der Waals surface area contributed by atoms with E-state index in [2.05, 4.69) is 0 Å². The molecule has 0 radical (unpaired) electrons. The maximum atomic E-state index is 13.4. The number of carboxylic acids is 1. The molecule has 1 aliphatic rings. The number of carbonyl (C=O) groups is 1. The smallest absolute Gasteiger partial charge is 0.430 e. The Bertz CT molecular complexity index is 933. The fourth-order valence-corrected chi connectivity index (χ4v) is 3.20. The van der Waals surface area contributed by atoms with Crippen molar-refractivity contribution in [2.75, 3.05) is 0 Å². The summed E-state index contributed by atoms with van der Waals surface area (Å²) in [6, 6.07) is 10.3. The Morgan fingerprint density at radius 3 is 2.52 bits per heavy atom. The number of rotatable bonds is 3. The summed E-state index contributed by atoms with van der Waals surface area (Å²) in [5.74, 6) is -1.50. The zero-order valence-electron chi connectivity index (χ0n) is 14.5. The van der Waals surface area contributed by atoms with E-state index >= 15 is 0 Å². The van der Waals surface area contributed by atoms with Gasteiger partial charge in [-0.25, -0.2) is 4.79 Å². The summed E-state index contributed by atoms with van der Waals surface area (Å²) in [5, 5.41) is 9.44. The number of aliphatic carboxylic acids is 1. The lowest BCUT2D eigenvalue weighted by Gasteiger charge is -2.29. The van der Waals surface area contributed by atoms with Crippen LogP contribution in [0.1, 0.15) is 30.9 Å². The monoisotopic (exact) mass is 396 g/mol. The first-order valence-corrected chi connectivity index (χ1v) is 8.58. The van der Waals surface area contributed by atoms with Crippen molar-refractivity contribution in [2.45, 2.75) is 32.0 Å². The molecule has 2 aromatic rings. The van der Waals surface area contributed by atoms with Crippen LogP contribution >= 0.6 is 11.6 Å². The molecule has 1 N–H and O–H groups in total. The van der Waals surface area contributed by atoms with Gasteiger partial charge in [-0.05, 0) is 35.3 Å². The van der Waals surface area contributed by atoms with Crippen molar-refractivity contribution in [3.05, 3.63) is 58.1 Å². The standard InChI is InChI=1S/C20H16ClF3O3/c1-10(2)11-4-3-5-12(6-11)15-9-14(21)7-13-8-16(19(25)26)18(20(22,23)24)27-17(13)15/h3-10,18H,1-2H3,(H,25,26). The van der Waals surface area contributed by atoms with Crippen LogP contribution in [0.5, 0.6) is 5.75 Å². The average molecular weight is 397 g/mol. The summed E-state index contributed by atoms with van der Waals surface area (Å²) >= 11 is 6.13. The van der Waals surface area contributed by atoms with Gasteiger partial charge in [0.1, 0.15) is 5.75 Å². The second-order valence-corrected chi connectivity index (χ2v) is 7.03. The molecule has 0 aromatic heterocycles. The summed E-state index contributed by atoms with van der Waals surface area (Å²) < 4.78 is 45.3. The molecule has 1 aliphatic heterocycles. The fraction of sp³-hybridized carbons (Fsp3) is 0.250. The maximum Gasteiger partial charge on any atom is 0.430 e. The minimum absolute atomic E-state index is 0.0346. The van der Waals surface area contributed by atoms with Crippen LogP contribution in [0, 0.1) is 0 Å². The third-order valence-corrected chi connectivity index (χ3v) is 4.54. The Kier molecular flexibility index (Phi) is 4.95. The number of carboxylic acid groups (broad SMARTS) is 1. The van der Waals surface area contributed by atoms with Crippen molar-refractivity contribution < 1.29 is 27.8 Å². The second-order valence-electron chi connectivity index (χ2n) is 6.60. The van der Waals surface area contributed by atoms with E-state index in [1.54, 1.807) is 12.1 Å². The van der Waals surface area contributed by atoms with Crippen LogP contribution < -0.4 is 4.74 Å². The van der Waals surface area contributed by atoms with Gasteiger partial charge >= 0.3 is 12.1 Å². The van der Waals surface area contributed by atoms with Gasteiger partial charge in [-0.2, -0.15) is 13.2 Å². The second kappa shape index (κ2) is 6.93. The first kappa shape index (κ1) is 19.3. The molecule has 3 rings (SSSR count). The fourth-order valence-electron chi connectivity index (χ4n) is 2.97. The first-order chi connectivity index (χ1) is 12.6. The molecule has 7 heteroatoms. The Morgan fingerprint density at radius 1 is 1.22 bits per heavy atom. The normalized spacial score (nSPS) is 16.6. The van der Waals surface area contributed by atoms with Gasteiger partial charge in [0.05, 0.1) is 5.57 Å². The Morgan fingerprint density at radius 2 is 1.93 bits per heavy atom. The zero-order chi connectivity index (χ0) is 19.9. The first-order valence-electron chi connectivity index (χ1n) is 8.20. The highest BCUT2D eigenvalue weighted by Crippen LogP contribution is 2.44. The summed E-state index contributed by atoms with van der Waals surface area (Å²) in [6.45, 7) is 4.01. The van der Waals surface area contributed by atoms with Crippen molar-refractivity contribution in [1.29, 1.82) is 0 Å². The number of hydrogen-bond acceptors (Lipinski definition) is 2. The van der Waals surface area contributed by atoms with Gasteiger partial charge < -0.3 is 9.84 Å². The molecule has 3 nitrogen and oxygen atoms in total. The van der Waals surface area contributed by atoms with Crippen molar-refractivity contribution in [2.24, 2.45) is 0 Å². The van der Waals surface area contributed by atoms with Crippen molar-refractivity contribution in [1.82, 2.24) is 0 Å². The Hall–Kier alpha value is -2.47. The summed E-state index contributed by atoms with van der Waals surface area (Å²) in [4.78, 5) is 11.3. The molecule has 27 heavy (non-hydrogen) atoms. The molecule has 2 aromatic carbocycles.